The number of aliphatic hydroxyl groups excluding tert-OH is 1. The lowest BCUT2D eigenvalue weighted by Crippen LogP contribution is -2.47. The molecule has 0 atom stereocenters. The Bertz CT molecular complexity index is 1330. The molecule has 0 spiro atoms. The van der Waals surface area contributed by atoms with Crippen LogP contribution < -0.4 is 19.9 Å². The van der Waals surface area contributed by atoms with Crippen molar-refractivity contribution in [1.29, 1.82) is 0 Å². The van der Waals surface area contributed by atoms with Crippen molar-refractivity contribution in [3.05, 3.63) is 77.6 Å². The van der Waals surface area contributed by atoms with Crippen molar-refractivity contribution < 1.29 is 33.8 Å². The molecule has 192 valence electrons. The van der Waals surface area contributed by atoms with E-state index in [2.05, 4.69) is 0 Å². The molecule has 1 fully saturated rings. The van der Waals surface area contributed by atoms with Crippen molar-refractivity contribution >= 4 is 17.6 Å². The minimum atomic E-state index is -0.832. The summed E-state index contributed by atoms with van der Waals surface area (Å²) in [6.07, 6.45) is 0.487. The largest absolute Gasteiger partial charge is 0.454 e. The minimum absolute atomic E-state index is 0.0450. The SMILES string of the molecule is O=C(NO)c1ccc(CN(C(=O)N2CCC(O)CC2)c2cccc(-c3ccc4c(c3)OCO4)c2)c(F)c1. The van der Waals surface area contributed by atoms with Crippen LogP contribution in [0, 0.1) is 5.82 Å². The average molecular weight is 508 g/mol. The number of carbonyl (C=O) groups excluding carboxylic acids is 2. The van der Waals surface area contributed by atoms with Crippen molar-refractivity contribution in [3.8, 4) is 22.6 Å². The number of hydrogen-bond donors (Lipinski definition) is 3. The fraction of sp³-hybridized carbons (Fsp3) is 0.259. The first kappa shape index (κ1) is 24.5. The number of piperidine rings is 1. The van der Waals surface area contributed by atoms with Gasteiger partial charge in [0.2, 0.25) is 6.79 Å². The van der Waals surface area contributed by atoms with Gasteiger partial charge >= 0.3 is 6.03 Å². The number of nitrogens with one attached hydrogen (secondary N) is 1. The topological polar surface area (TPSA) is 112 Å². The van der Waals surface area contributed by atoms with E-state index in [-0.39, 0.29) is 30.5 Å². The van der Waals surface area contributed by atoms with Crippen molar-refractivity contribution in [3.63, 3.8) is 0 Å². The van der Waals surface area contributed by atoms with Gasteiger partial charge in [-0.15, -0.1) is 0 Å². The number of rotatable bonds is 5. The van der Waals surface area contributed by atoms with E-state index in [0.29, 0.717) is 43.1 Å². The van der Waals surface area contributed by atoms with Crippen LogP contribution >= 0.6 is 0 Å². The van der Waals surface area contributed by atoms with E-state index in [9.17, 15) is 19.1 Å². The number of anilines is 1. The summed E-state index contributed by atoms with van der Waals surface area (Å²) in [5.41, 5.74) is 3.90. The number of hydrogen-bond acceptors (Lipinski definition) is 6. The molecular weight excluding hydrogens is 481 g/mol. The van der Waals surface area contributed by atoms with Crippen molar-refractivity contribution in [2.45, 2.75) is 25.5 Å². The maximum atomic E-state index is 15.0. The van der Waals surface area contributed by atoms with Crippen LogP contribution in [0.15, 0.2) is 60.7 Å². The highest BCUT2D eigenvalue weighted by atomic mass is 19.1. The van der Waals surface area contributed by atoms with Gasteiger partial charge in [0.25, 0.3) is 5.91 Å². The number of amides is 3. The summed E-state index contributed by atoms with van der Waals surface area (Å²) in [6, 6.07) is 16.4. The summed E-state index contributed by atoms with van der Waals surface area (Å²) in [7, 11) is 0. The molecule has 0 aromatic heterocycles. The Balaban J connectivity index is 1.48. The summed E-state index contributed by atoms with van der Waals surface area (Å²) in [5.74, 6) is -0.212. The van der Waals surface area contributed by atoms with Crippen LogP contribution in [0.25, 0.3) is 11.1 Å². The average Bonchev–Trinajstić information content (AvgIpc) is 3.40. The second kappa shape index (κ2) is 10.5. The first-order chi connectivity index (χ1) is 17.9. The van der Waals surface area contributed by atoms with Crippen molar-refractivity contribution in [2.75, 3.05) is 24.8 Å². The molecule has 2 aliphatic rings. The molecule has 37 heavy (non-hydrogen) atoms. The predicted octanol–water partition coefficient (Wildman–Crippen LogP) is 3.92. The number of nitrogens with zero attached hydrogens (tertiary/aromatic N) is 2. The zero-order valence-corrected chi connectivity index (χ0v) is 19.9. The number of hydroxylamine groups is 1. The van der Waals surface area contributed by atoms with E-state index in [1.807, 2.05) is 36.4 Å². The number of carbonyl (C=O) groups is 2. The monoisotopic (exact) mass is 507 g/mol. The maximum absolute atomic E-state index is 15.0. The fourth-order valence-corrected chi connectivity index (χ4v) is 4.48. The van der Waals surface area contributed by atoms with Crippen LogP contribution in [-0.2, 0) is 6.54 Å². The van der Waals surface area contributed by atoms with Gasteiger partial charge in [-0.2, -0.15) is 0 Å². The summed E-state index contributed by atoms with van der Waals surface area (Å²) in [6.45, 7) is 0.845. The second-order valence-electron chi connectivity index (χ2n) is 8.95. The molecule has 10 heteroatoms. The standard InChI is InChI=1S/C27H26FN3O6/c28-23-13-19(26(33)29-35)4-5-20(23)15-31(27(34)30-10-8-22(32)9-11-30)21-3-1-2-17(12-21)18-6-7-24-25(14-18)37-16-36-24/h1-7,12-14,22,32,35H,8-11,15-16H2,(H,29,33). The first-order valence-corrected chi connectivity index (χ1v) is 11.9. The number of fused-ring (bicyclic) bond motifs is 1. The Morgan fingerprint density at radius 1 is 1.00 bits per heavy atom. The molecule has 9 nitrogen and oxygen atoms in total. The second-order valence-corrected chi connectivity index (χ2v) is 8.95. The van der Waals surface area contributed by atoms with E-state index in [1.54, 1.807) is 11.0 Å². The summed E-state index contributed by atoms with van der Waals surface area (Å²) in [5, 5.41) is 18.7. The van der Waals surface area contributed by atoms with Gasteiger partial charge in [0, 0.05) is 29.9 Å². The third-order valence-corrected chi connectivity index (χ3v) is 6.57. The highest BCUT2D eigenvalue weighted by Gasteiger charge is 2.28. The Hall–Kier alpha value is -4.15. The Morgan fingerprint density at radius 2 is 1.76 bits per heavy atom. The number of halogens is 1. The van der Waals surface area contributed by atoms with Crippen LogP contribution in [0.3, 0.4) is 0 Å². The van der Waals surface area contributed by atoms with Gasteiger partial charge in [0.1, 0.15) is 5.82 Å². The molecular formula is C27H26FN3O6. The number of ether oxygens (including phenoxy) is 2. The molecule has 0 unspecified atom stereocenters. The van der Waals surface area contributed by atoms with E-state index in [4.69, 9.17) is 14.7 Å². The van der Waals surface area contributed by atoms with Crippen LogP contribution in [-0.4, -0.2) is 53.1 Å². The lowest BCUT2D eigenvalue weighted by atomic mass is 10.0. The van der Waals surface area contributed by atoms with Gasteiger partial charge in [-0.3, -0.25) is 14.9 Å². The van der Waals surface area contributed by atoms with E-state index in [1.165, 1.54) is 22.5 Å². The van der Waals surface area contributed by atoms with Gasteiger partial charge in [0.05, 0.1) is 12.6 Å². The predicted molar refractivity (Wildman–Crippen MR) is 132 cm³/mol. The molecule has 0 saturated carbocycles. The molecule has 0 radical (unpaired) electrons. The van der Waals surface area contributed by atoms with Crippen LogP contribution in [0.4, 0.5) is 14.9 Å². The molecule has 3 aromatic rings. The minimum Gasteiger partial charge on any atom is -0.454 e. The van der Waals surface area contributed by atoms with Gasteiger partial charge in [-0.1, -0.05) is 24.3 Å². The molecule has 0 bridgehead atoms. The third-order valence-electron chi connectivity index (χ3n) is 6.57. The van der Waals surface area contributed by atoms with Gasteiger partial charge in [-0.05, 0) is 60.4 Å². The summed E-state index contributed by atoms with van der Waals surface area (Å²) < 4.78 is 25.9. The van der Waals surface area contributed by atoms with E-state index in [0.717, 1.165) is 17.2 Å². The van der Waals surface area contributed by atoms with Crippen molar-refractivity contribution in [1.82, 2.24) is 10.4 Å². The molecule has 3 N–H and O–H groups in total. The highest BCUT2D eigenvalue weighted by molar-refractivity contribution is 5.94. The maximum Gasteiger partial charge on any atom is 0.324 e. The molecule has 1 saturated heterocycles. The van der Waals surface area contributed by atoms with Gasteiger partial charge < -0.3 is 19.5 Å². The molecule has 5 rings (SSSR count). The lowest BCUT2D eigenvalue weighted by molar-refractivity contribution is 0.0705. The van der Waals surface area contributed by atoms with Gasteiger partial charge in [-0.25, -0.2) is 14.7 Å². The van der Waals surface area contributed by atoms with E-state index >= 15 is 0 Å². The molecule has 2 aliphatic heterocycles. The lowest BCUT2D eigenvalue weighted by Gasteiger charge is -2.35. The Kier molecular flexibility index (Phi) is 6.93. The van der Waals surface area contributed by atoms with Crippen molar-refractivity contribution in [2.24, 2.45) is 0 Å². The fourth-order valence-electron chi connectivity index (χ4n) is 4.48. The van der Waals surface area contributed by atoms with Crippen LogP contribution in [0.2, 0.25) is 0 Å². The molecule has 3 aromatic carbocycles. The zero-order chi connectivity index (χ0) is 25.9. The first-order valence-electron chi connectivity index (χ1n) is 11.9. The zero-order valence-electron chi connectivity index (χ0n) is 19.9. The van der Waals surface area contributed by atoms with Crippen LogP contribution in [0.5, 0.6) is 11.5 Å². The Labute approximate surface area is 212 Å². The number of likely N-dealkylation sites (tertiary alicyclic amines) is 1. The van der Waals surface area contributed by atoms with Gasteiger partial charge in [0.15, 0.2) is 11.5 Å². The molecule has 0 aliphatic carbocycles. The summed E-state index contributed by atoms with van der Waals surface area (Å²) in [4.78, 5) is 28.5. The molecule has 3 amide bonds. The molecule has 2 heterocycles. The quantitative estimate of drug-likeness (QED) is 0.357. The number of urea groups is 1. The number of benzene rings is 3. The number of aliphatic hydroxyl groups is 1. The smallest absolute Gasteiger partial charge is 0.324 e. The summed E-state index contributed by atoms with van der Waals surface area (Å²) >= 11 is 0. The van der Waals surface area contributed by atoms with E-state index < -0.39 is 17.8 Å². The third kappa shape index (κ3) is 5.20. The van der Waals surface area contributed by atoms with Crippen LogP contribution in [0.1, 0.15) is 28.8 Å². The highest BCUT2D eigenvalue weighted by Crippen LogP contribution is 2.37. The normalized spacial score (nSPS) is 14.9. The Morgan fingerprint density at radius 3 is 2.51 bits per heavy atom.